The fourth-order valence-electron chi connectivity index (χ4n) is 2.44. The third kappa shape index (κ3) is 3.63. The Balaban J connectivity index is 2.29. The molecule has 0 saturated carbocycles. The molecule has 1 fully saturated rings. The van der Waals surface area contributed by atoms with Crippen LogP contribution in [0.1, 0.15) is 38.2 Å². The second-order valence-electron chi connectivity index (χ2n) is 4.85. The molecule has 0 unspecified atom stereocenters. The maximum Gasteiger partial charge on any atom is 0.0696 e. The van der Waals surface area contributed by atoms with Gasteiger partial charge < -0.3 is 5.32 Å². The zero-order valence-electron chi connectivity index (χ0n) is 11.7. The average molecular weight is 280 g/mol. The maximum absolute atomic E-state index is 6.12. The smallest absolute Gasteiger partial charge is 0.0696 e. The first-order valence-electron chi connectivity index (χ1n) is 7.04. The Morgan fingerprint density at radius 2 is 2.05 bits per heavy atom. The van der Waals surface area contributed by atoms with Crippen LogP contribution in [0, 0.1) is 0 Å². The van der Waals surface area contributed by atoms with Gasteiger partial charge in [0.05, 0.1) is 5.71 Å². The lowest BCUT2D eigenvalue weighted by Gasteiger charge is -2.25. The second-order valence-corrected chi connectivity index (χ2v) is 5.29. The summed E-state index contributed by atoms with van der Waals surface area (Å²) in [6, 6.07) is 5.92. The molecule has 1 aliphatic rings. The van der Waals surface area contributed by atoms with Crippen LogP contribution in [0.2, 0.25) is 5.02 Å². The van der Waals surface area contributed by atoms with Crippen LogP contribution in [-0.4, -0.2) is 30.9 Å². The molecule has 0 radical (unpaired) electrons. The predicted octanol–water partition coefficient (Wildman–Crippen LogP) is 3.98. The monoisotopic (exact) mass is 279 g/mol. The number of halogens is 1. The van der Waals surface area contributed by atoms with E-state index in [0.717, 1.165) is 41.5 Å². The normalized spacial score (nSPS) is 16.6. The van der Waals surface area contributed by atoms with E-state index in [2.05, 4.69) is 17.2 Å². The summed E-state index contributed by atoms with van der Waals surface area (Å²) in [4.78, 5) is 0. The molecule has 1 aliphatic heterocycles. The van der Waals surface area contributed by atoms with Crippen molar-refractivity contribution in [3.63, 3.8) is 0 Å². The molecular weight excluding hydrogens is 258 g/mol. The standard InChI is InChI=1S/C15H22ClN3/c1-3-14(18-19-9-5-4-6-10-19)13-11-12(16)7-8-15(13)17-2/h7-8,11,17H,3-6,9-10H2,1-2H3/b18-14+. The first-order valence-corrected chi connectivity index (χ1v) is 7.42. The van der Waals surface area contributed by atoms with Crippen LogP contribution in [0.3, 0.4) is 0 Å². The van der Waals surface area contributed by atoms with Crippen LogP contribution in [0.4, 0.5) is 5.69 Å². The molecule has 0 spiro atoms. The third-order valence-electron chi connectivity index (χ3n) is 3.49. The summed E-state index contributed by atoms with van der Waals surface area (Å²) in [5.41, 5.74) is 3.30. The average Bonchev–Trinajstić information content (AvgIpc) is 2.46. The first kappa shape index (κ1) is 14.2. The summed E-state index contributed by atoms with van der Waals surface area (Å²) in [7, 11) is 1.93. The van der Waals surface area contributed by atoms with Crippen molar-refractivity contribution in [3.8, 4) is 0 Å². The molecule has 1 saturated heterocycles. The van der Waals surface area contributed by atoms with Crippen LogP contribution >= 0.6 is 11.6 Å². The topological polar surface area (TPSA) is 27.6 Å². The van der Waals surface area contributed by atoms with Gasteiger partial charge in [-0.15, -0.1) is 0 Å². The minimum Gasteiger partial charge on any atom is -0.388 e. The molecule has 4 heteroatoms. The van der Waals surface area contributed by atoms with Gasteiger partial charge in [-0.1, -0.05) is 18.5 Å². The summed E-state index contributed by atoms with van der Waals surface area (Å²) in [6.07, 6.45) is 4.72. The molecule has 3 nitrogen and oxygen atoms in total. The Bertz CT molecular complexity index is 451. The Morgan fingerprint density at radius 3 is 2.68 bits per heavy atom. The molecule has 1 N–H and O–H groups in total. The van der Waals surface area contributed by atoms with Crippen molar-refractivity contribution in [1.29, 1.82) is 0 Å². The summed E-state index contributed by atoms with van der Waals surface area (Å²) in [5.74, 6) is 0. The Kier molecular flexibility index (Phi) is 5.08. The van der Waals surface area contributed by atoms with Crippen molar-refractivity contribution in [1.82, 2.24) is 5.01 Å². The van der Waals surface area contributed by atoms with E-state index in [-0.39, 0.29) is 0 Å². The van der Waals surface area contributed by atoms with Gasteiger partial charge in [0.15, 0.2) is 0 Å². The van der Waals surface area contributed by atoms with Gasteiger partial charge in [-0.25, -0.2) is 0 Å². The van der Waals surface area contributed by atoms with Gasteiger partial charge >= 0.3 is 0 Å². The number of anilines is 1. The number of hydrazone groups is 1. The summed E-state index contributed by atoms with van der Waals surface area (Å²) in [6.45, 7) is 4.28. The van der Waals surface area contributed by atoms with Crippen LogP contribution in [0.5, 0.6) is 0 Å². The Morgan fingerprint density at radius 1 is 1.32 bits per heavy atom. The molecule has 0 aromatic heterocycles. The van der Waals surface area contributed by atoms with E-state index in [1.54, 1.807) is 0 Å². The number of hydrogen-bond donors (Lipinski definition) is 1. The zero-order chi connectivity index (χ0) is 13.7. The van der Waals surface area contributed by atoms with E-state index in [0.29, 0.717) is 0 Å². The molecule has 2 rings (SSSR count). The van der Waals surface area contributed by atoms with E-state index in [9.17, 15) is 0 Å². The summed E-state index contributed by atoms with van der Waals surface area (Å²) >= 11 is 6.12. The van der Waals surface area contributed by atoms with Crippen molar-refractivity contribution in [2.45, 2.75) is 32.6 Å². The lowest BCUT2D eigenvalue weighted by Crippen LogP contribution is -2.26. The number of nitrogens with zero attached hydrogens (tertiary/aromatic N) is 2. The molecule has 0 amide bonds. The molecule has 0 bridgehead atoms. The largest absolute Gasteiger partial charge is 0.388 e. The highest BCUT2D eigenvalue weighted by molar-refractivity contribution is 6.31. The van der Waals surface area contributed by atoms with Gasteiger partial charge in [0, 0.05) is 36.4 Å². The Labute approximate surface area is 120 Å². The minimum absolute atomic E-state index is 0.758. The van der Waals surface area contributed by atoms with Gasteiger partial charge in [0.25, 0.3) is 0 Å². The highest BCUT2D eigenvalue weighted by Crippen LogP contribution is 2.23. The number of hydrogen-bond acceptors (Lipinski definition) is 3. The first-order chi connectivity index (χ1) is 9.24. The van der Waals surface area contributed by atoms with Crippen LogP contribution < -0.4 is 5.32 Å². The molecule has 1 aromatic carbocycles. The SMILES string of the molecule is CC/C(=N\N1CCCCC1)c1cc(Cl)ccc1NC. The molecule has 19 heavy (non-hydrogen) atoms. The minimum atomic E-state index is 0.758. The van der Waals surface area contributed by atoms with E-state index >= 15 is 0 Å². The zero-order valence-corrected chi connectivity index (χ0v) is 12.5. The lowest BCUT2D eigenvalue weighted by atomic mass is 10.1. The Hall–Kier alpha value is -1.22. The van der Waals surface area contributed by atoms with E-state index in [1.807, 2.05) is 25.2 Å². The van der Waals surface area contributed by atoms with Crippen molar-refractivity contribution < 1.29 is 0 Å². The lowest BCUT2D eigenvalue weighted by molar-refractivity contribution is 0.239. The number of nitrogens with one attached hydrogen (secondary N) is 1. The van der Waals surface area contributed by atoms with Crippen molar-refractivity contribution in [2.75, 3.05) is 25.5 Å². The fourth-order valence-corrected chi connectivity index (χ4v) is 2.61. The van der Waals surface area contributed by atoms with Crippen molar-refractivity contribution >= 4 is 23.0 Å². The van der Waals surface area contributed by atoms with Crippen LogP contribution in [0.25, 0.3) is 0 Å². The second kappa shape index (κ2) is 6.80. The van der Waals surface area contributed by atoms with Gasteiger partial charge in [-0.2, -0.15) is 5.10 Å². The van der Waals surface area contributed by atoms with Gasteiger partial charge in [-0.05, 0) is 43.9 Å². The van der Waals surface area contributed by atoms with Crippen molar-refractivity contribution in [3.05, 3.63) is 28.8 Å². The van der Waals surface area contributed by atoms with Crippen LogP contribution in [0.15, 0.2) is 23.3 Å². The van der Waals surface area contributed by atoms with E-state index in [4.69, 9.17) is 16.7 Å². The molecule has 1 aromatic rings. The molecule has 0 aliphatic carbocycles. The molecule has 0 atom stereocenters. The van der Waals surface area contributed by atoms with E-state index < -0.39 is 0 Å². The highest BCUT2D eigenvalue weighted by atomic mass is 35.5. The third-order valence-corrected chi connectivity index (χ3v) is 3.73. The molecule has 1 heterocycles. The summed E-state index contributed by atoms with van der Waals surface area (Å²) < 4.78 is 0. The quantitative estimate of drug-likeness (QED) is 0.844. The maximum atomic E-state index is 6.12. The predicted molar refractivity (Wildman–Crippen MR) is 83.3 cm³/mol. The van der Waals surface area contributed by atoms with Gasteiger partial charge in [-0.3, -0.25) is 5.01 Å². The van der Waals surface area contributed by atoms with Crippen molar-refractivity contribution in [2.24, 2.45) is 5.10 Å². The number of piperidine rings is 1. The number of benzene rings is 1. The summed E-state index contributed by atoms with van der Waals surface area (Å²) in [5, 5.41) is 11.0. The molecule has 104 valence electrons. The van der Waals surface area contributed by atoms with Gasteiger partial charge in [0.1, 0.15) is 0 Å². The number of rotatable bonds is 4. The highest BCUT2D eigenvalue weighted by Gasteiger charge is 2.12. The van der Waals surface area contributed by atoms with Crippen LogP contribution in [-0.2, 0) is 0 Å². The van der Waals surface area contributed by atoms with E-state index in [1.165, 1.54) is 19.3 Å². The van der Waals surface area contributed by atoms with Gasteiger partial charge in [0.2, 0.25) is 0 Å². The molecular formula is C15H22ClN3. The fraction of sp³-hybridized carbons (Fsp3) is 0.533.